The summed E-state index contributed by atoms with van der Waals surface area (Å²) >= 11 is 1.67. The molecule has 0 saturated carbocycles. The smallest absolute Gasteiger partial charge is 0.156 e. The van der Waals surface area contributed by atoms with Crippen LogP contribution < -0.4 is 5.32 Å². The third kappa shape index (κ3) is 1.61. The summed E-state index contributed by atoms with van der Waals surface area (Å²) in [6, 6.07) is 0. The van der Waals surface area contributed by atoms with E-state index in [1.54, 1.807) is 11.8 Å². The van der Waals surface area contributed by atoms with Crippen LogP contribution in [-0.2, 0) is 0 Å². The SMILES string of the molecule is CSC1=NCC(C)(C)N1. The Kier molecular flexibility index (Phi) is 1.70. The summed E-state index contributed by atoms with van der Waals surface area (Å²) < 4.78 is 0. The van der Waals surface area contributed by atoms with Crippen molar-refractivity contribution in [3.05, 3.63) is 0 Å². The molecular weight excluding hydrogens is 132 g/mol. The molecule has 0 amide bonds. The maximum Gasteiger partial charge on any atom is 0.156 e. The topological polar surface area (TPSA) is 24.4 Å². The largest absolute Gasteiger partial charge is 0.358 e. The van der Waals surface area contributed by atoms with E-state index in [4.69, 9.17) is 0 Å². The molecule has 0 aromatic carbocycles. The Balaban J connectivity index is 2.50. The molecule has 0 saturated heterocycles. The predicted octanol–water partition coefficient (Wildman–Crippen LogP) is 1.09. The molecule has 0 unspecified atom stereocenters. The molecule has 0 bridgehead atoms. The molecule has 1 heterocycles. The monoisotopic (exact) mass is 144 g/mol. The lowest BCUT2D eigenvalue weighted by atomic mass is 10.1. The van der Waals surface area contributed by atoms with E-state index in [-0.39, 0.29) is 5.54 Å². The lowest BCUT2D eigenvalue weighted by Crippen LogP contribution is -2.38. The van der Waals surface area contributed by atoms with Crippen molar-refractivity contribution in [3.63, 3.8) is 0 Å². The Bertz CT molecular complexity index is 140. The fraction of sp³-hybridized carbons (Fsp3) is 0.833. The van der Waals surface area contributed by atoms with Gasteiger partial charge in [-0.15, -0.1) is 0 Å². The quantitative estimate of drug-likeness (QED) is 0.550. The first-order valence-corrected chi connectivity index (χ1v) is 4.23. The van der Waals surface area contributed by atoms with Gasteiger partial charge < -0.3 is 5.32 Å². The lowest BCUT2D eigenvalue weighted by Gasteiger charge is -2.17. The van der Waals surface area contributed by atoms with Gasteiger partial charge in [-0.1, -0.05) is 11.8 Å². The van der Waals surface area contributed by atoms with E-state index >= 15 is 0 Å². The van der Waals surface area contributed by atoms with E-state index in [0.717, 1.165) is 11.7 Å². The highest BCUT2D eigenvalue weighted by molar-refractivity contribution is 8.13. The van der Waals surface area contributed by atoms with Crippen LogP contribution in [0.5, 0.6) is 0 Å². The molecule has 0 fully saturated rings. The first-order chi connectivity index (χ1) is 4.14. The van der Waals surface area contributed by atoms with Crippen LogP contribution in [0.2, 0.25) is 0 Å². The zero-order chi connectivity index (χ0) is 6.91. The molecule has 0 aromatic heterocycles. The van der Waals surface area contributed by atoms with Gasteiger partial charge in [0.2, 0.25) is 0 Å². The zero-order valence-electron chi connectivity index (χ0n) is 6.06. The van der Waals surface area contributed by atoms with Crippen molar-refractivity contribution in [2.45, 2.75) is 19.4 Å². The number of hydrogen-bond donors (Lipinski definition) is 1. The van der Waals surface area contributed by atoms with E-state index < -0.39 is 0 Å². The second-order valence-electron chi connectivity index (χ2n) is 2.83. The Morgan fingerprint density at radius 1 is 1.67 bits per heavy atom. The van der Waals surface area contributed by atoms with Crippen LogP contribution in [-0.4, -0.2) is 23.5 Å². The summed E-state index contributed by atoms with van der Waals surface area (Å²) in [5.74, 6) is 0. The lowest BCUT2D eigenvalue weighted by molar-refractivity contribution is 0.508. The van der Waals surface area contributed by atoms with Gasteiger partial charge in [-0.25, -0.2) is 0 Å². The minimum atomic E-state index is 0.193. The fourth-order valence-electron chi connectivity index (χ4n) is 0.754. The highest BCUT2D eigenvalue weighted by atomic mass is 32.2. The molecule has 1 aliphatic heterocycles. The molecule has 1 rings (SSSR count). The summed E-state index contributed by atoms with van der Waals surface area (Å²) in [5.41, 5.74) is 0.193. The molecule has 1 aliphatic rings. The molecule has 0 spiro atoms. The van der Waals surface area contributed by atoms with Gasteiger partial charge in [0.1, 0.15) is 0 Å². The normalized spacial score (nSPS) is 23.2. The first-order valence-electron chi connectivity index (χ1n) is 3.01. The van der Waals surface area contributed by atoms with E-state index in [9.17, 15) is 0 Å². The Hall–Kier alpha value is -0.180. The number of hydrogen-bond acceptors (Lipinski definition) is 3. The highest BCUT2D eigenvalue weighted by Gasteiger charge is 2.23. The molecule has 0 aromatic rings. The van der Waals surface area contributed by atoms with Crippen LogP contribution in [0.1, 0.15) is 13.8 Å². The van der Waals surface area contributed by atoms with Gasteiger partial charge in [0.15, 0.2) is 5.17 Å². The molecule has 3 heteroatoms. The number of amidine groups is 1. The predicted molar refractivity (Wildman–Crippen MR) is 43.0 cm³/mol. The maximum absolute atomic E-state index is 4.28. The van der Waals surface area contributed by atoms with E-state index in [2.05, 4.69) is 24.2 Å². The van der Waals surface area contributed by atoms with Crippen molar-refractivity contribution in [1.82, 2.24) is 5.32 Å². The third-order valence-corrected chi connectivity index (χ3v) is 1.87. The molecule has 52 valence electrons. The molecule has 1 N–H and O–H groups in total. The van der Waals surface area contributed by atoms with Crippen molar-refractivity contribution < 1.29 is 0 Å². The second-order valence-corrected chi connectivity index (χ2v) is 3.63. The maximum atomic E-state index is 4.28. The standard InChI is InChI=1S/C6H12N2S/c1-6(2)4-7-5(8-6)9-3/h4H2,1-3H3,(H,7,8). The number of nitrogens with one attached hydrogen (secondary N) is 1. The summed E-state index contributed by atoms with van der Waals surface area (Å²) in [6.45, 7) is 5.21. The van der Waals surface area contributed by atoms with Crippen LogP contribution in [0, 0.1) is 0 Å². The molecule has 0 radical (unpaired) electrons. The van der Waals surface area contributed by atoms with Crippen molar-refractivity contribution in [2.75, 3.05) is 12.8 Å². The van der Waals surface area contributed by atoms with Crippen molar-refractivity contribution >= 4 is 16.9 Å². The average Bonchev–Trinajstić information content (AvgIpc) is 2.10. The van der Waals surface area contributed by atoms with Crippen LogP contribution in [0.3, 0.4) is 0 Å². The van der Waals surface area contributed by atoms with Gasteiger partial charge in [0.05, 0.1) is 12.1 Å². The third-order valence-electron chi connectivity index (χ3n) is 1.26. The number of thioether (sulfide) groups is 1. The Morgan fingerprint density at radius 2 is 2.33 bits per heavy atom. The van der Waals surface area contributed by atoms with Crippen molar-refractivity contribution in [1.29, 1.82) is 0 Å². The molecule has 0 atom stereocenters. The molecule has 2 nitrogen and oxygen atoms in total. The van der Waals surface area contributed by atoms with Crippen LogP contribution in [0.4, 0.5) is 0 Å². The van der Waals surface area contributed by atoms with Crippen molar-refractivity contribution in [2.24, 2.45) is 4.99 Å². The minimum Gasteiger partial charge on any atom is -0.358 e. The molecule has 9 heavy (non-hydrogen) atoms. The summed E-state index contributed by atoms with van der Waals surface area (Å²) in [4.78, 5) is 4.28. The van der Waals surface area contributed by atoms with E-state index in [1.165, 1.54) is 0 Å². The Morgan fingerprint density at radius 3 is 2.56 bits per heavy atom. The van der Waals surface area contributed by atoms with Gasteiger partial charge in [-0.2, -0.15) is 0 Å². The van der Waals surface area contributed by atoms with Crippen LogP contribution in [0.25, 0.3) is 0 Å². The first kappa shape index (κ1) is 6.93. The molecule has 0 aliphatic carbocycles. The number of rotatable bonds is 0. The number of aliphatic imine (C=N–C) groups is 1. The van der Waals surface area contributed by atoms with E-state index in [0.29, 0.717) is 0 Å². The fourth-order valence-corrected chi connectivity index (χ4v) is 1.33. The summed E-state index contributed by atoms with van der Waals surface area (Å²) in [5, 5.41) is 4.36. The Labute approximate surface area is 60.1 Å². The van der Waals surface area contributed by atoms with Gasteiger partial charge in [0, 0.05) is 0 Å². The summed E-state index contributed by atoms with van der Waals surface area (Å²) in [6.07, 6.45) is 2.03. The second kappa shape index (κ2) is 2.21. The van der Waals surface area contributed by atoms with Crippen molar-refractivity contribution in [3.8, 4) is 0 Å². The molecular formula is C6H12N2S. The highest BCUT2D eigenvalue weighted by Crippen LogP contribution is 2.13. The van der Waals surface area contributed by atoms with Gasteiger partial charge in [-0.05, 0) is 20.1 Å². The van der Waals surface area contributed by atoms with Gasteiger partial charge >= 0.3 is 0 Å². The van der Waals surface area contributed by atoms with E-state index in [1.807, 2.05) is 6.26 Å². The van der Waals surface area contributed by atoms with Gasteiger partial charge in [0.25, 0.3) is 0 Å². The van der Waals surface area contributed by atoms with Gasteiger partial charge in [-0.3, -0.25) is 4.99 Å². The van der Waals surface area contributed by atoms with Crippen LogP contribution >= 0.6 is 11.8 Å². The minimum absolute atomic E-state index is 0.193. The average molecular weight is 144 g/mol. The summed E-state index contributed by atoms with van der Waals surface area (Å²) in [7, 11) is 0. The van der Waals surface area contributed by atoms with Crippen LogP contribution in [0.15, 0.2) is 4.99 Å². The number of nitrogens with zero attached hydrogens (tertiary/aromatic N) is 1. The zero-order valence-corrected chi connectivity index (χ0v) is 6.88.